The lowest BCUT2D eigenvalue weighted by Gasteiger charge is -2.15. The van der Waals surface area contributed by atoms with Crippen molar-refractivity contribution in [2.45, 2.75) is 6.54 Å². The molecule has 0 fully saturated rings. The van der Waals surface area contributed by atoms with Crippen LogP contribution in [-0.2, 0) is 6.54 Å². The van der Waals surface area contributed by atoms with Gasteiger partial charge in [-0.05, 0) is 23.7 Å². The molecule has 2 aromatic rings. The predicted octanol–water partition coefficient (Wildman–Crippen LogP) is 2.21. The second-order valence-electron chi connectivity index (χ2n) is 4.44. The van der Waals surface area contributed by atoms with Crippen LogP contribution in [0.25, 0.3) is 11.1 Å². The molecule has 0 amide bonds. The molecule has 3 N–H and O–H groups in total. The third-order valence-electron chi connectivity index (χ3n) is 2.87. The van der Waals surface area contributed by atoms with Crippen LogP contribution in [0.5, 0.6) is 0 Å². The molecule has 3 heteroatoms. The predicted molar refractivity (Wildman–Crippen MR) is 75.5 cm³/mol. The average molecular weight is 241 g/mol. The Hall–Kier alpha value is -1.68. The summed E-state index contributed by atoms with van der Waals surface area (Å²) < 4.78 is 0. The number of nitrogens with two attached hydrogens (primary N) is 1. The molecule has 18 heavy (non-hydrogen) atoms. The zero-order valence-electron chi connectivity index (χ0n) is 10.6. The Morgan fingerprint density at radius 2 is 1.56 bits per heavy atom. The average Bonchev–Trinajstić information content (AvgIpc) is 2.41. The summed E-state index contributed by atoms with van der Waals surface area (Å²) >= 11 is 0. The minimum Gasteiger partial charge on any atom is -0.288 e. The number of hydrazine groups is 1. The third kappa shape index (κ3) is 3.40. The highest BCUT2D eigenvalue weighted by molar-refractivity contribution is 5.63. The van der Waals surface area contributed by atoms with E-state index in [1.165, 1.54) is 16.7 Å². The Balaban J connectivity index is 2.06. The van der Waals surface area contributed by atoms with Gasteiger partial charge in [0.2, 0.25) is 0 Å². The Labute approximate surface area is 108 Å². The van der Waals surface area contributed by atoms with E-state index in [9.17, 15) is 0 Å². The van der Waals surface area contributed by atoms with Gasteiger partial charge in [-0.3, -0.25) is 10.7 Å². The van der Waals surface area contributed by atoms with E-state index < -0.39 is 0 Å². The van der Waals surface area contributed by atoms with E-state index in [0.717, 1.165) is 6.54 Å². The molecule has 0 heterocycles. The van der Waals surface area contributed by atoms with Gasteiger partial charge >= 0.3 is 0 Å². The second kappa shape index (κ2) is 6.31. The highest BCUT2D eigenvalue weighted by atomic mass is 15.3. The molecule has 0 saturated heterocycles. The standard InChI is InChI=1S/C15H19N3/c1-18(12-17-16)11-13-7-9-15(10-8-13)14-5-3-2-4-6-14/h2-10,17H,11-12,16H2,1H3. The zero-order chi connectivity index (χ0) is 12.8. The van der Waals surface area contributed by atoms with Crippen molar-refractivity contribution in [1.29, 1.82) is 0 Å². The Morgan fingerprint density at radius 3 is 2.17 bits per heavy atom. The molecule has 0 aliphatic heterocycles. The van der Waals surface area contributed by atoms with E-state index in [-0.39, 0.29) is 0 Å². The van der Waals surface area contributed by atoms with Crippen LogP contribution >= 0.6 is 0 Å². The fraction of sp³-hybridized carbons (Fsp3) is 0.200. The van der Waals surface area contributed by atoms with E-state index in [0.29, 0.717) is 6.67 Å². The van der Waals surface area contributed by atoms with Gasteiger partial charge in [0.15, 0.2) is 0 Å². The second-order valence-corrected chi connectivity index (χ2v) is 4.44. The molecule has 0 unspecified atom stereocenters. The molecular weight excluding hydrogens is 222 g/mol. The molecule has 94 valence electrons. The quantitative estimate of drug-likeness (QED) is 0.479. The molecule has 0 aromatic heterocycles. The summed E-state index contributed by atoms with van der Waals surface area (Å²) in [6.45, 7) is 1.57. The van der Waals surface area contributed by atoms with Crippen LogP contribution in [-0.4, -0.2) is 18.6 Å². The molecule has 3 nitrogen and oxygen atoms in total. The van der Waals surface area contributed by atoms with Crippen LogP contribution in [0.1, 0.15) is 5.56 Å². The number of rotatable bonds is 5. The van der Waals surface area contributed by atoms with E-state index in [1.54, 1.807) is 0 Å². The third-order valence-corrected chi connectivity index (χ3v) is 2.87. The minimum atomic E-state index is 0.681. The van der Waals surface area contributed by atoms with Gasteiger partial charge in [-0.2, -0.15) is 0 Å². The van der Waals surface area contributed by atoms with Crippen molar-refractivity contribution in [2.24, 2.45) is 5.84 Å². The van der Waals surface area contributed by atoms with Crippen LogP contribution in [0.2, 0.25) is 0 Å². The molecule has 0 bridgehead atoms. The van der Waals surface area contributed by atoms with E-state index in [4.69, 9.17) is 5.84 Å². The van der Waals surface area contributed by atoms with Crippen molar-refractivity contribution >= 4 is 0 Å². The fourth-order valence-electron chi connectivity index (χ4n) is 1.96. The van der Waals surface area contributed by atoms with Crippen molar-refractivity contribution < 1.29 is 0 Å². The van der Waals surface area contributed by atoms with Crippen LogP contribution in [0.4, 0.5) is 0 Å². The van der Waals surface area contributed by atoms with Crippen molar-refractivity contribution in [3.8, 4) is 11.1 Å². The van der Waals surface area contributed by atoms with Gasteiger partial charge < -0.3 is 0 Å². The van der Waals surface area contributed by atoms with Crippen molar-refractivity contribution in [2.75, 3.05) is 13.7 Å². The summed E-state index contributed by atoms with van der Waals surface area (Å²) in [4.78, 5) is 2.12. The number of nitrogens with one attached hydrogen (secondary N) is 1. The smallest absolute Gasteiger partial charge is 0.0612 e. The Kier molecular flexibility index (Phi) is 4.47. The highest BCUT2D eigenvalue weighted by Crippen LogP contribution is 2.19. The lowest BCUT2D eigenvalue weighted by Crippen LogP contribution is -2.34. The topological polar surface area (TPSA) is 41.3 Å². The van der Waals surface area contributed by atoms with Crippen LogP contribution in [0.15, 0.2) is 54.6 Å². The van der Waals surface area contributed by atoms with E-state index in [1.807, 2.05) is 13.1 Å². The first-order chi connectivity index (χ1) is 8.79. The van der Waals surface area contributed by atoms with E-state index in [2.05, 4.69) is 58.9 Å². The van der Waals surface area contributed by atoms with Gasteiger partial charge in [-0.25, -0.2) is 5.43 Å². The molecule has 2 rings (SSSR count). The molecule has 0 radical (unpaired) electrons. The Bertz CT molecular complexity index is 465. The van der Waals surface area contributed by atoms with Crippen molar-refractivity contribution in [3.05, 3.63) is 60.2 Å². The summed E-state index contributed by atoms with van der Waals surface area (Å²) in [5.41, 5.74) is 6.44. The maximum atomic E-state index is 5.29. The van der Waals surface area contributed by atoms with Gasteiger partial charge in [0.1, 0.15) is 0 Å². The van der Waals surface area contributed by atoms with Crippen LogP contribution in [0, 0.1) is 0 Å². The van der Waals surface area contributed by atoms with Crippen molar-refractivity contribution in [1.82, 2.24) is 10.3 Å². The van der Waals surface area contributed by atoms with E-state index >= 15 is 0 Å². The van der Waals surface area contributed by atoms with Gasteiger partial charge in [-0.15, -0.1) is 0 Å². The van der Waals surface area contributed by atoms with Crippen molar-refractivity contribution in [3.63, 3.8) is 0 Å². The first-order valence-corrected chi connectivity index (χ1v) is 6.06. The summed E-state index contributed by atoms with van der Waals surface area (Å²) in [5.74, 6) is 5.29. The Morgan fingerprint density at radius 1 is 0.944 bits per heavy atom. The normalized spacial score (nSPS) is 10.8. The van der Waals surface area contributed by atoms with Crippen LogP contribution < -0.4 is 11.3 Å². The summed E-state index contributed by atoms with van der Waals surface area (Å²) in [6, 6.07) is 19.0. The summed E-state index contributed by atoms with van der Waals surface area (Å²) in [7, 11) is 2.03. The SMILES string of the molecule is CN(CNN)Cc1ccc(-c2ccccc2)cc1. The lowest BCUT2D eigenvalue weighted by molar-refractivity contribution is 0.301. The van der Waals surface area contributed by atoms with Gasteiger partial charge in [0.05, 0.1) is 6.67 Å². The minimum absolute atomic E-state index is 0.681. The number of nitrogens with zero attached hydrogens (tertiary/aromatic N) is 1. The molecule has 0 saturated carbocycles. The monoisotopic (exact) mass is 241 g/mol. The highest BCUT2D eigenvalue weighted by Gasteiger charge is 2.00. The molecule has 0 spiro atoms. The number of hydrogen-bond donors (Lipinski definition) is 2. The summed E-state index contributed by atoms with van der Waals surface area (Å²) in [5, 5.41) is 0. The molecule has 0 aliphatic rings. The van der Waals surface area contributed by atoms with Gasteiger partial charge in [-0.1, -0.05) is 54.6 Å². The maximum absolute atomic E-state index is 5.29. The van der Waals surface area contributed by atoms with Crippen LogP contribution in [0.3, 0.4) is 0 Å². The first kappa shape index (κ1) is 12.8. The van der Waals surface area contributed by atoms with Gasteiger partial charge in [0.25, 0.3) is 0 Å². The largest absolute Gasteiger partial charge is 0.288 e. The number of benzene rings is 2. The fourth-order valence-corrected chi connectivity index (χ4v) is 1.96. The zero-order valence-corrected chi connectivity index (χ0v) is 10.6. The lowest BCUT2D eigenvalue weighted by atomic mass is 10.0. The van der Waals surface area contributed by atoms with Gasteiger partial charge in [0, 0.05) is 6.54 Å². The molecule has 0 atom stereocenters. The molecular formula is C15H19N3. The first-order valence-electron chi connectivity index (χ1n) is 6.06. The molecule has 2 aromatic carbocycles. The molecule has 0 aliphatic carbocycles. The summed E-state index contributed by atoms with van der Waals surface area (Å²) in [6.07, 6.45) is 0. The number of hydrogen-bond acceptors (Lipinski definition) is 3. The maximum Gasteiger partial charge on any atom is 0.0612 e.